The van der Waals surface area contributed by atoms with Crippen molar-refractivity contribution in [2.75, 3.05) is 20.1 Å². The number of carbonyl (C=O) groups excluding carboxylic acids is 1. The number of fused-ring (bicyclic) bond motifs is 1. The summed E-state index contributed by atoms with van der Waals surface area (Å²) < 4.78 is 47.5. The van der Waals surface area contributed by atoms with E-state index in [2.05, 4.69) is 9.88 Å². The number of nitrogens with zero attached hydrogens (tertiary/aromatic N) is 2. The molecule has 4 N–H and O–H groups in total. The maximum Gasteiger partial charge on any atom is 0.417 e. The molecule has 0 spiro atoms. The van der Waals surface area contributed by atoms with Crippen LogP contribution in [0.5, 0.6) is 11.5 Å². The maximum absolute atomic E-state index is 13.9. The molecule has 1 aliphatic rings. The quantitative estimate of drug-likeness (QED) is 0.385. The average molecular weight is 459 g/mol. The number of nitrogens with two attached hydrogens (primary N) is 1. The van der Waals surface area contributed by atoms with Gasteiger partial charge in [0, 0.05) is 30.6 Å². The first kappa shape index (κ1) is 22.7. The van der Waals surface area contributed by atoms with Crippen molar-refractivity contribution < 1.29 is 22.7 Å². The number of ether oxygens (including phenoxy) is 1. The molecule has 1 amide bonds. The summed E-state index contributed by atoms with van der Waals surface area (Å²) >= 11 is 0. The Hall–Kier alpha value is -3.53. The second-order valence-corrected chi connectivity index (χ2v) is 8.06. The summed E-state index contributed by atoms with van der Waals surface area (Å²) in [7, 11) is 1.27. The number of guanidine groups is 1. The normalized spacial score (nSPS) is 14.5. The van der Waals surface area contributed by atoms with Gasteiger partial charge in [-0.05, 0) is 44.1 Å². The standard InChI is InChI=1S/C23H24F3N5O2/c1-30(22(27)28)21(32)19-12-16-17(23(24,25)26)10-15(11-18(16)29-19)33-20-7-3-2-6-14(20)13-31-8-4-5-9-31/h2-3,6-7,10-12,29H,4-5,8-9,13H2,1H3,(H3,27,28). The fourth-order valence-corrected chi connectivity index (χ4v) is 3.95. The topological polar surface area (TPSA) is 98.4 Å². The molecule has 4 rings (SSSR count). The number of rotatable bonds is 5. The Morgan fingerprint density at radius 3 is 2.58 bits per heavy atom. The molecule has 0 radical (unpaired) electrons. The van der Waals surface area contributed by atoms with E-state index in [1.807, 2.05) is 12.1 Å². The molecule has 0 unspecified atom stereocenters. The van der Waals surface area contributed by atoms with Crippen LogP contribution in [-0.4, -0.2) is 46.8 Å². The molecule has 0 bridgehead atoms. The van der Waals surface area contributed by atoms with E-state index < -0.39 is 23.6 Å². The van der Waals surface area contributed by atoms with Gasteiger partial charge in [-0.15, -0.1) is 0 Å². The van der Waals surface area contributed by atoms with Gasteiger partial charge in [-0.1, -0.05) is 18.2 Å². The lowest BCUT2D eigenvalue weighted by molar-refractivity contribution is -0.136. The molecular weight excluding hydrogens is 435 g/mol. The van der Waals surface area contributed by atoms with Crippen LogP contribution in [0.3, 0.4) is 0 Å². The number of alkyl halides is 3. The Bertz CT molecular complexity index is 1200. The predicted molar refractivity (Wildman–Crippen MR) is 118 cm³/mol. The molecule has 0 atom stereocenters. The fourth-order valence-electron chi connectivity index (χ4n) is 3.95. The zero-order valence-corrected chi connectivity index (χ0v) is 18.0. The van der Waals surface area contributed by atoms with Gasteiger partial charge in [0.05, 0.1) is 11.1 Å². The molecular formula is C23H24F3N5O2. The molecule has 10 heteroatoms. The lowest BCUT2D eigenvalue weighted by atomic mass is 10.1. The number of benzene rings is 2. The monoisotopic (exact) mass is 459 g/mol. The number of carbonyl (C=O) groups is 1. The predicted octanol–water partition coefficient (Wildman–Crippen LogP) is 4.54. The minimum Gasteiger partial charge on any atom is -0.457 e. The summed E-state index contributed by atoms with van der Waals surface area (Å²) in [4.78, 5) is 18.3. The van der Waals surface area contributed by atoms with Gasteiger partial charge in [-0.2, -0.15) is 13.2 Å². The Balaban J connectivity index is 1.72. The van der Waals surface area contributed by atoms with Crippen molar-refractivity contribution in [3.05, 3.63) is 59.3 Å². The maximum atomic E-state index is 13.9. The molecule has 3 aromatic rings. The second kappa shape index (κ2) is 8.78. The van der Waals surface area contributed by atoms with E-state index in [0.717, 1.165) is 48.5 Å². The highest BCUT2D eigenvalue weighted by molar-refractivity contribution is 6.06. The number of hydrogen-bond acceptors (Lipinski definition) is 4. The van der Waals surface area contributed by atoms with E-state index in [1.165, 1.54) is 13.1 Å². The molecule has 174 valence electrons. The van der Waals surface area contributed by atoms with Crippen molar-refractivity contribution in [2.24, 2.45) is 5.73 Å². The Kier molecular flexibility index (Phi) is 6.03. The zero-order valence-electron chi connectivity index (χ0n) is 18.0. The third-order valence-corrected chi connectivity index (χ3v) is 5.71. The summed E-state index contributed by atoms with van der Waals surface area (Å²) in [6.45, 7) is 2.61. The summed E-state index contributed by atoms with van der Waals surface area (Å²) in [5, 5.41) is 7.21. The number of aromatic nitrogens is 1. The highest BCUT2D eigenvalue weighted by Crippen LogP contribution is 2.39. The van der Waals surface area contributed by atoms with E-state index in [1.54, 1.807) is 12.1 Å². The smallest absolute Gasteiger partial charge is 0.417 e. The molecule has 0 aliphatic carbocycles. The van der Waals surface area contributed by atoms with Crippen LogP contribution in [0.25, 0.3) is 10.9 Å². The minimum absolute atomic E-state index is 0.00414. The number of likely N-dealkylation sites (tertiary alicyclic amines) is 1. The third-order valence-electron chi connectivity index (χ3n) is 5.71. The zero-order chi connectivity index (χ0) is 23.8. The average Bonchev–Trinajstić information content (AvgIpc) is 3.42. The molecule has 1 aromatic heterocycles. The molecule has 2 heterocycles. The summed E-state index contributed by atoms with van der Waals surface area (Å²) in [6, 6.07) is 10.8. The second-order valence-electron chi connectivity index (χ2n) is 8.06. The van der Waals surface area contributed by atoms with Gasteiger partial charge in [0.1, 0.15) is 17.2 Å². The Morgan fingerprint density at radius 1 is 1.21 bits per heavy atom. The third kappa shape index (κ3) is 4.80. The number of para-hydroxylation sites is 1. The van der Waals surface area contributed by atoms with E-state index >= 15 is 0 Å². The van der Waals surface area contributed by atoms with Gasteiger partial charge in [-0.3, -0.25) is 20.0 Å². The Labute approximate surface area is 188 Å². The summed E-state index contributed by atoms with van der Waals surface area (Å²) in [5.41, 5.74) is 5.27. The van der Waals surface area contributed by atoms with Crippen molar-refractivity contribution in [1.82, 2.24) is 14.8 Å². The first-order valence-electron chi connectivity index (χ1n) is 10.5. The van der Waals surface area contributed by atoms with E-state index in [0.29, 0.717) is 12.3 Å². The highest BCUT2D eigenvalue weighted by Gasteiger charge is 2.34. The fraction of sp³-hybridized carbons (Fsp3) is 0.304. The first-order chi connectivity index (χ1) is 15.6. The molecule has 1 fully saturated rings. The van der Waals surface area contributed by atoms with Gasteiger partial charge in [0.2, 0.25) is 0 Å². The largest absolute Gasteiger partial charge is 0.457 e. The van der Waals surface area contributed by atoms with E-state index in [-0.39, 0.29) is 22.3 Å². The van der Waals surface area contributed by atoms with Gasteiger partial charge >= 0.3 is 6.18 Å². The van der Waals surface area contributed by atoms with E-state index in [4.69, 9.17) is 15.9 Å². The van der Waals surface area contributed by atoms with Crippen LogP contribution in [0.15, 0.2) is 42.5 Å². The van der Waals surface area contributed by atoms with Crippen molar-refractivity contribution in [1.29, 1.82) is 5.41 Å². The number of halogens is 3. The van der Waals surface area contributed by atoms with Crippen molar-refractivity contribution in [2.45, 2.75) is 25.6 Å². The molecule has 7 nitrogen and oxygen atoms in total. The van der Waals surface area contributed by atoms with Crippen molar-refractivity contribution in [3.8, 4) is 11.5 Å². The molecule has 0 saturated carbocycles. The van der Waals surface area contributed by atoms with Crippen LogP contribution in [-0.2, 0) is 12.7 Å². The molecule has 2 aromatic carbocycles. The van der Waals surface area contributed by atoms with E-state index in [9.17, 15) is 18.0 Å². The van der Waals surface area contributed by atoms with Crippen LogP contribution in [0, 0.1) is 5.41 Å². The van der Waals surface area contributed by atoms with Crippen LogP contribution in [0.2, 0.25) is 0 Å². The SMILES string of the molecule is CN(C(=N)N)C(=O)c1cc2c(C(F)(F)F)cc(Oc3ccccc3CN3CCCC3)cc2[nH]1. The molecule has 1 saturated heterocycles. The number of amides is 1. The van der Waals surface area contributed by atoms with Crippen LogP contribution < -0.4 is 10.5 Å². The van der Waals surface area contributed by atoms with Crippen molar-refractivity contribution in [3.63, 3.8) is 0 Å². The highest BCUT2D eigenvalue weighted by atomic mass is 19.4. The lowest BCUT2D eigenvalue weighted by Gasteiger charge is -2.18. The Morgan fingerprint density at radius 2 is 1.91 bits per heavy atom. The lowest BCUT2D eigenvalue weighted by Crippen LogP contribution is -2.38. The van der Waals surface area contributed by atoms with Crippen molar-refractivity contribution >= 4 is 22.8 Å². The number of nitrogens with one attached hydrogen (secondary N) is 2. The van der Waals surface area contributed by atoms with Gasteiger partial charge in [0.25, 0.3) is 5.91 Å². The first-order valence-corrected chi connectivity index (χ1v) is 10.5. The summed E-state index contributed by atoms with van der Waals surface area (Å²) in [6.07, 6.45) is -2.41. The number of H-pyrrole nitrogens is 1. The van der Waals surface area contributed by atoms with Gasteiger partial charge < -0.3 is 15.5 Å². The van der Waals surface area contributed by atoms with Crippen LogP contribution >= 0.6 is 0 Å². The van der Waals surface area contributed by atoms with Gasteiger partial charge in [0.15, 0.2) is 5.96 Å². The summed E-state index contributed by atoms with van der Waals surface area (Å²) in [5.74, 6) is -0.751. The molecule has 1 aliphatic heterocycles. The van der Waals surface area contributed by atoms with Gasteiger partial charge in [-0.25, -0.2) is 0 Å². The number of hydrogen-bond donors (Lipinski definition) is 3. The molecule has 33 heavy (non-hydrogen) atoms. The number of aromatic amines is 1. The minimum atomic E-state index is -4.67. The van der Waals surface area contributed by atoms with Crippen LogP contribution in [0.1, 0.15) is 34.5 Å². The van der Waals surface area contributed by atoms with Crippen LogP contribution in [0.4, 0.5) is 13.2 Å².